The molecule has 1 heterocycles. The third-order valence-electron chi connectivity index (χ3n) is 4.77. The molecular weight excluding hydrogens is 335 g/mol. The highest BCUT2D eigenvalue weighted by Crippen LogP contribution is 2.29. The summed E-state index contributed by atoms with van der Waals surface area (Å²) >= 11 is 0. The van der Waals surface area contributed by atoms with E-state index in [1.165, 1.54) is 12.1 Å². The number of halogens is 3. The maximum atomic E-state index is 12.5. The molecule has 25 heavy (non-hydrogen) atoms. The molecule has 2 N–H and O–H groups in total. The van der Waals surface area contributed by atoms with Gasteiger partial charge >= 0.3 is 12.2 Å². The number of hydrogen-bond donors (Lipinski definition) is 2. The zero-order valence-corrected chi connectivity index (χ0v) is 13.6. The van der Waals surface area contributed by atoms with Gasteiger partial charge in [0.05, 0.1) is 12.1 Å². The van der Waals surface area contributed by atoms with Crippen LogP contribution in [0.4, 0.5) is 18.0 Å². The van der Waals surface area contributed by atoms with Crippen LogP contribution in [-0.2, 0) is 17.5 Å². The number of alkyl halides is 3. The Labute approximate surface area is 143 Å². The third kappa shape index (κ3) is 4.05. The highest BCUT2D eigenvalue weighted by Gasteiger charge is 2.38. The van der Waals surface area contributed by atoms with E-state index in [0.29, 0.717) is 12.1 Å². The molecule has 3 rings (SSSR count). The van der Waals surface area contributed by atoms with Gasteiger partial charge in [0, 0.05) is 12.6 Å². The van der Waals surface area contributed by atoms with Gasteiger partial charge in [0.15, 0.2) is 0 Å². The van der Waals surface area contributed by atoms with E-state index in [-0.39, 0.29) is 24.5 Å². The predicted molar refractivity (Wildman–Crippen MR) is 84.6 cm³/mol. The Kier molecular flexibility index (Phi) is 4.87. The van der Waals surface area contributed by atoms with Crippen molar-refractivity contribution in [3.05, 3.63) is 35.4 Å². The summed E-state index contributed by atoms with van der Waals surface area (Å²) in [6.07, 6.45) is -0.251. The number of carbonyl (C=O) groups is 2. The Hall–Kier alpha value is -2.25. The minimum Gasteiger partial charge on any atom is -0.350 e. The van der Waals surface area contributed by atoms with Gasteiger partial charge in [-0.15, -0.1) is 0 Å². The summed E-state index contributed by atoms with van der Waals surface area (Å²) in [7, 11) is 0. The van der Waals surface area contributed by atoms with Crippen LogP contribution in [0.1, 0.15) is 36.8 Å². The lowest BCUT2D eigenvalue weighted by molar-refractivity contribution is -0.137. The molecule has 5 nitrogen and oxygen atoms in total. The number of nitrogens with one attached hydrogen (secondary N) is 2. The fraction of sp³-hybridized carbons (Fsp3) is 0.529. The average molecular weight is 355 g/mol. The lowest BCUT2D eigenvalue weighted by Gasteiger charge is -2.22. The van der Waals surface area contributed by atoms with Crippen molar-refractivity contribution in [1.29, 1.82) is 0 Å². The first kappa shape index (κ1) is 17.6. The van der Waals surface area contributed by atoms with E-state index in [1.807, 2.05) is 0 Å². The number of rotatable bonds is 4. The van der Waals surface area contributed by atoms with Gasteiger partial charge in [-0.05, 0) is 30.5 Å². The lowest BCUT2D eigenvalue weighted by Crippen LogP contribution is -2.42. The summed E-state index contributed by atoms with van der Waals surface area (Å²) in [5, 5.41) is 5.34. The van der Waals surface area contributed by atoms with Gasteiger partial charge in [-0.1, -0.05) is 25.0 Å². The zero-order valence-electron chi connectivity index (χ0n) is 13.6. The van der Waals surface area contributed by atoms with Gasteiger partial charge in [-0.2, -0.15) is 13.2 Å². The van der Waals surface area contributed by atoms with Crippen LogP contribution in [0.25, 0.3) is 0 Å². The van der Waals surface area contributed by atoms with Crippen molar-refractivity contribution in [3.63, 3.8) is 0 Å². The van der Waals surface area contributed by atoms with Crippen molar-refractivity contribution >= 4 is 11.9 Å². The molecule has 136 valence electrons. The Balaban J connectivity index is 1.52. The van der Waals surface area contributed by atoms with Crippen LogP contribution < -0.4 is 10.6 Å². The van der Waals surface area contributed by atoms with Gasteiger partial charge in [0.25, 0.3) is 0 Å². The number of carbonyl (C=O) groups excluding carboxylic acids is 2. The Morgan fingerprint density at radius 2 is 1.84 bits per heavy atom. The van der Waals surface area contributed by atoms with Crippen molar-refractivity contribution in [2.75, 3.05) is 6.54 Å². The molecule has 0 radical (unpaired) electrons. The molecule has 1 aliphatic carbocycles. The van der Waals surface area contributed by atoms with Crippen LogP contribution in [0.5, 0.6) is 0 Å². The SMILES string of the molecule is O=C(NCc1ccc(C(F)(F)F)cc1)C1CN(C2CCCC2)C(=O)N1. The maximum Gasteiger partial charge on any atom is 0.416 e. The van der Waals surface area contributed by atoms with Crippen LogP contribution in [0.3, 0.4) is 0 Å². The second-order valence-electron chi connectivity index (χ2n) is 6.51. The molecule has 8 heteroatoms. The van der Waals surface area contributed by atoms with Crippen LogP contribution in [-0.4, -0.2) is 35.5 Å². The fourth-order valence-corrected chi connectivity index (χ4v) is 3.36. The molecule has 1 aromatic carbocycles. The summed E-state index contributed by atoms with van der Waals surface area (Å²) in [6.45, 7) is 0.453. The number of nitrogens with zero attached hydrogens (tertiary/aromatic N) is 1. The first-order valence-corrected chi connectivity index (χ1v) is 8.35. The summed E-state index contributed by atoms with van der Waals surface area (Å²) < 4.78 is 37.6. The first-order chi connectivity index (χ1) is 11.8. The maximum absolute atomic E-state index is 12.5. The van der Waals surface area contributed by atoms with Crippen molar-refractivity contribution in [3.8, 4) is 0 Å². The number of urea groups is 1. The summed E-state index contributed by atoms with van der Waals surface area (Å²) in [4.78, 5) is 25.9. The molecule has 1 unspecified atom stereocenters. The second-order valence-corrected chi connectivity index (χ2v) is 6.51. The molecule has 2 aliphatic rings. The highest BCUT2D eigenvalue weighted by molar-refractivity contribution is 5.90. The molecule has 1 saturated carbocycles. The highest BCUT2D eigenvalue weighted by atomic mass is 19.4. The zero-order chi connectivity index (χ0) is 18.0. The first-order valence-electron chi connectivity index (χ1n) is 8.35. The van der Waals surface area contributed by atoms with E-state index in [4.69, 9.17) is 0 Å². The fourth-order valence-electron chi connectivity index (χ4n) is 3.36. The Morgan fingerprint density at radius 1 is 1.20 bits per heavy atom. The smallest absolute Gasteiger partial charge is 0.350 e. The molecule has 0 spiro atoms. The number of hydrogen-bond acceptors (Lipinski definition) is 2. The second kappa shape index (κ2) is 6.93. The number of benzene rings is 1. The normalized spacial score (nSPS) is 21.5. The molecule has 1 aromatic rings. The van der Waals surface area contributed by atoms with Crippen molar-refractivity contribution in [2.24, 2.45) is 0 Å². The van der Waals surface area contributed by atoms with E-state index < -0.39 is 17.8 Å². The molecule has 1 saturated heterocycles. The molecule has 1 aliphatic heterocycles. The van der Waals surface area contributed by atoms with Gasteiger partial charge in [-0.25, -0.2) is 4.79 Å². The quantitative estimate of drug-likeness (QED) is 0.872. The Morgan fingerprint density at radius 3 is 2.44 bits per heavy atom. The van der Waals surface area contributed by atoms with Gasteiger partial charge in [-0.3, -0.25) is 4.79 Å². The van der Waals surface area contributed by atoms with Crippen molar-refractivity contribution in [2.45, 2.75) is 50.5 Å². The minimum atomic E-state index is -4.38. The molecular formula is C17H20F3N3O2. The van der Waals surface area contributed by atoms with E-state index in [1.54, 1.807) is 4.90 Å². The summed E-state index contributed by atoms with van der Waals surface area (Å²) in [5.74, 6) is -0.325. The largest absolute Gasteiger partial charge is 0.416 e. The predicted octanol–water partition coefficient (Wildman–Crippen LogP) is 2.66. The van der Waals surface area contributed by atoms with Gasteiger partial charge in [0.2, 0.25) is 5.91 Å². The minimum absolute atomic E-state index is 0.118. The summed E-state index contributed by atoms with van der Waals surface area (Å²) in [5.41, 5.74) is -0.156. The van der Waals surface area contributed by atoms with Crippen molar-refractivity contribution < 1.29 is 22.8 Å². The standard InChI is InChI=1S/C17H20F3N3O2/c18-17(19,20)12-7-5-11(6-8-12)9-21-15(24)14-10-23(16(25)22-14)13-3-1-2-4-13/h5-8,13-14H,1-4,9-10H2,(H,21,24)(H,22,25). The molecule has 0 bridgehead atoms. The number of amides is 3. The molecule has 0 aromatic heterocycles. The van der Waals surface area contributed by atoms with Crippen LogP contribution in [0, 0.1) is 0 Å². The van der Waals surface area contributed by atoms with Crippen molar-refractivity contribution in [1.82, 2.24) is 15.5 Å². The van der Waals surface area contributed by atoms with Crippen LogP contribution >= 0.6 is 0 Å². The van der Waals surface area contributed by atoms with E-state index in [9.17, 15) is 22.8 Å². The van der Waals surface area contributed by atoms with E-state index in [2.05, 4.69) is 10.6 Å². The van der Waals surface area contributed by atoms with Gasteiger partial charge in [0.1, 0.15) is 6.04 Å². The summed E-state index contributed by atoms with van der Waals surface area (Å²) in [6, 6.07) is 4.00. The third-order valence-corrected chi connectivity index (χ3v) is 4.77. The van der Waals surface area contributed by atoms with Gasteiger partial charge < -0.3 is 15.5 Å². The molecule has 1 atom stereocenters. The van der Waals surface area contributed by atoms with Crippen LogP contribution in [0.2, 0.25) is 0 Å². The molecule has 2 fully saturated rings. The van der Waals surface area contributed by atoms with E-state index in [0.717, 1.165) is 37.8 Å². The molecule has 3 amide bonds. The topological polar surface area (TPSA) is 61.4 Å². The lowest BCUT2D eigenvalue weighted by atomic mass is 10.1. The Bertz CT molecular complexity index is 640. The van der Waals surface area contributed by atoms with E-state index >= 15 is 0 Å². The van der Waals surface area contributed by atoms with Crippen LogP contribution in [0.15, 0.2) is 24.3 Å². The monoisotopic (exact) mass is 355 g/mol. The average Bonchev–Trinajstić information content (AvgIpc) is 3.21.